The maximum absolute atomic E-state index is 6.05. The van der Waals surface area contributed by atoms with Crippen molar-refractivity contribution in [2.75, 3.05) is 12.3 Å². The highest BCUT2D eigenvalue weighted by molar-refractivity contribution is 6.61. The summed E-state index contributed by atoms with van der Waals surface area (Å²) in [6, 6.07) is 7.67. The molecule has 0 radical (unpaired) electrons. The molecule has 17 heavy (non-hydrogen) atoms. The second-order valence-electron chi connectivity index (χ2n) is 5.83. The molecule has 1 aromatic rings. The minimum Gasteiger partial charge on any atom is -0.407 e. The summed E-state index contributed by atoms with van der Waals surface area (Å²) < 4.78 is 11.8. The van der Waals surface area contributed by atoms with Crippen LogP contribution in [0, 0.1) is 5.41 Å². The summed E-state index contributed by atoms with van der Waals surface area (Å²) in [4.78, 5) is 0. The van der Waals surface area contributed by atoms with Gasteiger partial charge in [-0.05, 0) is 31.4 Å². The lowest BCUT2D eigenvalue weighted by molar-refractivity contribution is -0.0937. The standard InChI is InChI=1S/C13H20BNO2/c1-12(2)9-16-14(17-13(12,3)4)10-6-5-7-11(15)8-10/h5-8H,9,15H2,1-4H3. The van der Waals surface area contributed by atoms with Crippen molar-refractivity contribution in [3.05, 3.63) is 24.3 Å². The Balaban J connectivity index is 2.21. The first-order valence-electron chi connectivity index (χ1n) is 5.97. The maximum Gasteiger partial charge on any atom is 0.494 e. The van der Waals surface area contributed by atoms with Gasteiger partial charge in [-0.25, -0.2) is 0 Å². The molecule has 4 heteroatoms. The summed E-state index contributed by atoms with van der Waals surface area (Å²) in [5, 5.41) is 0. The van der Waals surface area contributed by atoms with E-state index >= 15 is 0 Å². The lowest BCUT2D eigenvalue weighted by atomic mass is 9.69. The van der Waals surface area contributed by atoms with E-state index in [4.69, 9.17) is 15.0 Å². The first kappa shape index (κ1) is 12.5. The van der Waals surface area contributed by atoms with Crippen LogP contribution in [0.1, 0.15) is 27.7 Å². The minimum atomic E-state index is -0.318. The zero-order valence-corrected chi connectivity index (χ0v) is 11.0. The minimum absolute atomic E-state index is 0.00379. The van der Waals surface area contributed by atoms with Crippen LogP contribution >= 0.6 is 0 Å². The maximum atomic E-state index is 6.05. The van der Waals surface area contributed by atoms with Gasteiger partial charge in [0.2, 0.25) is 0 Å². The van der Waals surface area contributed by atoms with Gasteiger partial charge in [0, 0.05) is 17.7 Å². The van der Waals surface area contributed by atoms with E-state index in [2.05, 4.69) is 27.7 Å². The van der Waals surface area contributed by atoms with Crippen LogP contribution < -0.4 is 11.2 Å². The van der Waals surface area contributed by atoms with Crippen molar-refractivity contribution >= 4 is 18.3 Å². The van der Waals surface area contributed by atoms with Gasteiger partial charge in [0.05, 0.1) is 5.60 Å². The molecule has 0 atom stereocenters. The summed E-state index contributed by atoms with van der Waals surface area (Å²) in [6.07, 6.45) is 0. The zero-order valence-electron chi connectivity index (χ0n) is 11.0. The number of rotatable bonds is 1. The van der Waals surface area contributed by atoms with Gasteiger partial charge in [-0.15, -0.1) is 0 Å². The summed E-state index contributed by atoms with van der Waals surface area (Å²) >= 11 is 0. The number of hydrogen-bond donors (Lipinski definition) is 1. The summed E-state index contributed by atoms with van der Waals surface area (Å²) in [5.41, 5.74) is 7.27. The van der Waals surface area contributed by atoms with Gasteiger partial charge in [0.1, 0.15) is 0 Å². The Bertz CT molecular complexity index is 418. The smallest absolute Gasteiger partial charge is 0.407 e. The second-order valence-corrected chi connectivity index (χ2v) is 5.83. The first-order chi connectivity index (χ1) is 7.82. The van der Waals surface area contributed by atoms with Crippen molar-refractivity contribution in [2.24, 2.45) is 5.41 Å². The van der Waals surface area contributed by atoms with Gasteiger partial charge in [-0.1, -0.05) is 26.0 Å². The number of nitrogens with two attached hydrogens (primary N) is 1. The van der Waals surface area contributed by atoms with Gasteiger partial charge in [0.15, 0.2) is 0 Å². The topological polar surface area (TPSA) is 44.5 Å². The van der Waals surface area contributed by atoms with Gasteiger partial charge in [0.25, 0.3) is 0 Å². The molecule has 0 aliphatic carbocycles. The van der Waals surface area contributed by atoms with E-state index in [1.807, 2.05) is 24.3 Å². The van der Waals surface area contributed by atoms with E-state index in [0.29, 0.717) is 6.61 Å². The molecule has 1 heterocycles. The number of benzene rings is 1. The van der Waals surface area contributed by atoms with Crippen molar-refractivity contribution in [2.45, 2.75) is 33.3 Å². The lowest BCUT2D eigenvalue weighted by Crippen LogP contribution is -2.58. The summed E-state index contributed by atoms with van der Waals surface area (Å²) in [7, 11) is -0.318. The van der Waals surface area contributed by atoms with Crippen molar-refractivity contribution in [3.8, 4) is 0 Å². The Morgan fingerprint density at radius 2 is 1.94 bits per heavy atom. The van der Waals surface area contributed by atoms with E-state index in [9.17, 15) is 0 Å². The van der Waals surface area contributed by atoms with Crippen LogP contribution in [0.15, 0.2) is 24.3 Å². The van der Waals surface area contributed by atoms with Crippen molar-refractivity contribution in [1.82, 2.24) is 0 Å². The van der Waals surface area contributed by atoms with E-state index in [0.717, 1.165) is 11.2 Å². The fourth-order valence-electron chi connectivity index (χ4n) is 1.79. The van der Waals surface area contributed by atoms with Crippen LogP contribution in [0.5, 0.6) is 0 Å². The number of hydrogen-bond acceptors (Lipinski definition) is 3. The molecule has 1 saturated heterocycles. The van der Waals surface area contributed by atoms with Gasteiger partial charge in [-0.3, -0.25) is 0 Å². The van der Waals surface area contributed by atoms with Crippen molar-refractivity contribution < 1.29 is 9.31 Å². The molecule has 1 aliphatic heterocycles. The van der Waals surface area contributed by atoms with Gasteiger partial charge >= 0.3 is 7.12 Å². The quantitative estimate of drug-likeness (QED) is 0.594. The third kappa shape index (κ3) is 2.33. The largest absolute Gasteiger partial charge is 0.494 e. The molecule has 3 nitrogen and oxygen atoms in total. The Hall–Kier alpha value is -0.995. The SMILES string of the molecule is CC1(C)COB(c2cccc(N)c2)OC1(C)C. The third-order valence-corrected chi connectivity index (χ3v) is 3.81. The molecule has 0 spiro atoms. The Morgan fingerprint density at radius 3 is 2.53 bits per heavy atom. The van der Waals surface area contributed by atoms with Crippen molar-refractivity contribution in [1.29, 1.82) is 0 Å². The van der Waals surface area contributed by atoms with Gasteiger partial charge < -0.3 is 15.0 Å². The summed E-state index contributed by atoms with van der Waals surface area (Å²) in [6.45, 7) is 9.20. The fraction of sp³-hybridized carbons (Fsp3) is 0.538. The molecule has 0 amide bonds. The molecule has 1 aliphatic rings. The molecule has 0 unspecified atom stereocenters. The van der Waals surface area contributed by atoms with Crippen LogP contribution in [0.4, 0.5) is 5.69 Å². The Kier molecular flexibility index (Phi) is 2.96. The predicted molar refractivity (Wildman–Crippen MR) is 71.1 cm³/mol. The van der Waals surface area contributed by atoms with E-state index in [-0.39, 0.29) is 18.1 Å². The highest BCUT2D eigenvalue weighted by Crippen LogP contribution is 2.37. The molecule has 0 bridgehead atoms. The van der Waals surface area contributed by atoms with Crippen LogP contribution in [-0.4, -0.2) is 19.3 Å². The highest BCUT2D eigenvalue weighted by Gasteiger charge is 2.46. The number of anilines is 1. The third-order valence-electron chi connectivity index (χ3n) is 3.81. The highest BCUT2D eigenvalue weighted by atomic mass is 16.6. The van der Waals surface area contributed by atoms with Crippen LogP contribution in [0.2, 0.25) is 0 Å². The molecule has 0 saturated carbocycles. The fourth-order valence-corrected chi connectivity index (χ4v) is 1.79. The van der Waals surface area contributed by atoms with E-state index in [1.54, 1.807) is 0 Å². The Morgan fingerprint density at radius 1 is 1.24 bits per heavy atom. The van der Waals surface area contributed by atoms with Crippen molar-refractivity contribution in [3.63, 3.8) is 0 Å². The average Bonchev–Trinajstić information content (AvgIpc) is 2.22. The average molecular weight is 233 g/mol. The molecular weight excluding hydrogens is 213 g/mol. The molecule has 1 aromatic carbocycles. The molecule has 92 valence electrons. The van der Waals surface area contributed by atoms with Crippen LogP contribution in [-0.2, 0) is 9.31 Å². The molecular formula is C13H20BNO2. The first-order valence-corrected chi connectivity index (χ1v) is 5.97. The Labute approximate surface area is 103 Å². The normalized spacial score (nSPS) is 22.5. The van der Waals surface area contributed by atoms with Crippen LogP contribution in [0.25, 0.3) is 0 Å². The molecule has 2 rings (SSSR count). The zero-order chi connectivity index (χ0) is 12.7. The van der Waals surface area contributed by atoms with Crippen LogP contribution in [0.3, 0.4) is 0 Å². The molecule has 1 fully saturated rings. The van der Waals surface area contributed by atoms with E-state index in [1.165, 1.54) is 0 Å². The predicted octanol–water partition coefficient (Wildman–Crippen LogP) is 1.82. The lowest BCUT2D eigenvalue weighted by Gasteiger charge is -2.47. The monoisotopic (exact) mass is 233 g/mol. The molecule has 0 aromatic heterocycles. The summed E-state index contributed by atoms with van der Waals surface area (Å²) in [5.74, 6) is 0. The van der Waals surface area contributed by atoms with E-state index < -0.39 is 0 Å². The van der Waals surface area contributed by atoms with Gasteiger partial charge in [-0.2, -0.15) is 0 Å². The second kappa shape index (κ2) is 4.04. The molecule has 2 N–H and O–H groups in total. The number of nitrogen functional groups attached to an aromatic ring is 1.